The Bertz CT molecular complexity index is 1020. The molecule has 1 aromatic heterocycles. The van der Waals surface area contributed by atoms with Gasteiger partial charge in [0.2, 0.25) is 5.78 Å². The van der Waals surface area contributed by atoms with Gasteiger partial charge in [-0.05, 0) is 6.92 Å². The van der Waals surface area contributed by atoms with E-state index in [-0.39, 0.29) is 39.1 Å². The first-order valence-corrected chi connectivity index (χ1v) is 6.44. The Morgan fingerprint density at radius 2 is 1.61 bits per heavy atom. The standard InChI is InChI=1S/C16H6F2N4O/c1-2-8-13(7(5-19)6-20)14-15(16(8)23)22-12-4-10(18)9(17)3-11(12)21-14/h2-4H,1H3/b8-2-. The van der Waals surface area contributed by atoms with Crippen molar-refractivity contribution in [1.82, 2.24) is 9.97 Å². The normalized spacial score (nSPS) is 14.7. The minimum absolute atomic E-state index is 0.0168. The first kappa shape index (κ1) is 14.5. The van der Waals surface area contributed by atoms with Gasteiger partial charge in [-0.3, -0.25) is 4.79 Å². The number of halogens is 2. The minimum Gasteiger partial charge on any atom is -0.287 e. The molecule has 0 saturated carbocycles. The topological polar surface area (TPSA) is 90.4 Å². The zero-order valence-electron chi connectivity index (χ0n) is 11.7. The Labute approximate surface area is 128 Å². The van der Waals surface area contributed by atoms with Crippen LogP contribution in [0.25, 0.3) is 16.6 Å². The third kappa shape index (κ3) is 1.99. The van der Waals surface area contributed by atoms with E-state index in [2.05, 4.69) is 9.97 Å². The lowest BCUT2D eigenvalue weighted by atomic mass is 10.0. The number of allylic oxidation sites excluding steroid dienone is 4. The average molecular weight is 308 g/mol. The van der Waals surface area contributed by atoms with Gasteiger partial charge in [0.15, 0.2) is 11.6 Å². The van der Waals surface area contributed by atoms with Gasteiger partial charge in [0, 0.05) is 23.3 Å². The lowest BCUT2D eigenvalue weighted by Gasteiger charge is -2.03. The molecule has 23 heavy (non-hydrogen) atoms. The number of hydrogen-bond donors (Lipinski definition) is 0. The third-order valence-electron chi connectivity index (χ3n) is 3.43. The van der Waals surface area contributed by atoms with Crippen molar-refractivity contribution < 1.29 is 13.6 Å². The number of hydrogen-bond acceptors (Lipinski definition) is 5. The van der Waals surface area contributed by atoms with Gasteiger partial charge < -0.3 is 0 Å². The molecule has 0 fully saturated rings. The SMILES string of the molecule is C/C=C1\C(=O)c2nc3cc(F)c(F)cc3nc2C1=C(C#N)C#N. The molecule has 0 amide bonds. The summed E-state index contributed by atoms with van der Waals surface area (Å²) in [5.74, 6) is -2.72. The van der Waals surface area contributed by atoms with Crippen molar-refractivity contribution in [2.24, 2.45) is 0 Å². The summed E-state index contributed by atoms with van der Waals surface area (Å²) in [6.07, 6.45) is 1.45. The number of rotatable bonds is 0. The Morgan fingerprint density at radius 3 is 2.09 bits per heavy atom. The molecule has 3 rings (SSSR count). The number of Topliss-reactive ketones (excluding diaryl/α,β-unsaturated/α-hetero) is 1. The lowest BCUT2D eigenvalue weighted by molar-refractivity contribution is 0.103. The van der Waals surface area contributed by atoms with E-state index in [1.807, 2.05) is 0 Å². The Hall–Kier alpha value is -3.45. The third-order valence-corrected chi connectivity index (χ3v) is 3.43. The van der Waals surface area contributed by atoms with Crippen LogP contribution in [0.3, 0.4) is 0 Å². The lowest BCUT2D eigenvalue weighted by Crippen LogP contribution is -2.01. The number of carbonyl (C=O) groups excluding carboxylic acids is 1. The first-order chi connectivity index (χ1) is 11.0. The number of nitrogens with zero attached hydrogens (tertiary/aromatic N) is 4. The van der Waals surface area contributed by atoms with Crippen molar-refractivity contribution in [2.75, 3.05) is 0 Å². The van der Waals surface area contributed by atoms with Gasteiger partial charge in [0.1, 0.15) is 29.1 Å². The largest absolute Gasteiger partial charge is 0.287 e. The molecule has 110 valence electrons. The summed E-state index contributed by atoms with van der Waals surface area (Å²) in [5, 5.41) is 18.2. The van der Waals surface area contributed by atoms with Crippen molar-refractivity contribution >= 4 is 22.4 Å². The fourth-order valence-electron chi connectivity index (χ4n) is 2.42. The molecule has 0 atom stereocenters. The highest BCUT2D eigenvalue weighted by atomic mass is 19.2. The highest BCUT2D eigenvalue weighted by molar-refractivity contribution is 6.26. The molecule has 0 saturated heterocycles. The van der Waals surface area contributed by atoms with Gasteiger partial charge in [-0.1, -0.05) is 6.08 Å². The van der Waals surface area contributed by atoms with Crippen molar-refractivity contribution in [3.63, 3.8) is 0 Å². The van der Waals surface area contributed by atoms with Crippen molar-refractivity contribution in [2.45, 2.75) is 6.92 Å². The maximum atomic E-state index is 13.4. The molecule has 5 nitrogen and oxygen atoms in total. The number of carbonyl (C=O) groups is 1. The molecular formula is C16H6F2N4O. The van der Waals surface area contributed by atoms with Crippen LogP contribution >= 0.6 is 0 Å². The maximum absolute atomic E-state index is 13.4. The summed E-state index contributed by atoms with van der Waals surface area (Å²) in [6, 6.07) is 5.12. The molecule has 1 heterocycles. The fraction of sp³-hybridized carbons (Fsp3) is 0.0625. The van der Waals surface area contributed by atoms with E-state index >= 15 is 0 Å². The smallest absolute Gasteiger partial charge is 0.214 e. The predicted molar refractivity (Wildman–Crippen MR) is 75.7 cm³/mol. The van der Waals surface area contributed by atoms with E-state index in [0.29, 0.717) is 0 Å². The average Bonchev–Trinajstić information content (AvgIpc) is 2.80. The van der Waals surface area contributed by atoms with E-state index in [1.165, 1.54) is 6.08 Å². The molecule has 0 N–H and O–H groups in total. The second kappa shape index (κ2) is 5.08. The van der Waals surface area contributed by atoms with Crippen molar-refractivity contribution in [3.05, 3.63) is 52.4 Å². The minimum atomic E-state index is -1.10. The second-order valence-corrected chi connectivity index (χ2v) is 4.68. The summed E-state index contributed by atoms with van der Waals surface area (Å²) < 4.78 is 26.7. The monoisotopic (exact) mass is 308 g/mol. The zero-order valence-corrected chi connectivity index (χ0v) is 11.7. The van der Waals surface area contributed by atoms with Gasteiger partial charge >= 0.3 is 0 Å². The molecular weight excluding hydrogens is 302 g/mol. The predicted octanol–water partition coefficient (Wildman–Crippen LogP) is 2.85. The van der Waals surface area contributed by atoms with E-state index in [0.717, 1.165) is 12.1 Å². The second-order valence-electron chi connectivity index (χ2n) is 4.68. The molecule has 1 aliphatic carbocycles. The molecule has 0 aliphatic heterocycles. The first-order valence-electron chi connectivity index (χ1n) is 6.44. The number of fused-ring (bicyclic) bond motifs is 2. The van der Waals surface area contributed by atoms with Crippen LogP contribution in [0.4, 0.5) is 8.78 Å². The summed E-state index contributed by atoms with van der Waals surface area (Å²) >= 11 is 0. The van der Waals surface area contributed by atoms with Crippen LogP contribution in [0.2, 0.25) is 0 Å². The summed E-state index contributed by atoms with van der Waals surface area (Å²) in [5.41, 5.74) is -0.120. The van der Waals surface area contributed by atoms with Crippen LogP contribution in [0.15, 0.2) is 29.4 Å². The van der Waals surface area contributed by atoms with Crippen LogP contribution in [-0.4, -0.2) is 15.8 Å². The van der Waals surface area contributed by atoms with Gasteiger partial charge in [0.25, 0.3) is 0 Å². The van der Waals surface area contributed by atoms with Crippen molar-refractivity contribution in [3.8, 4) is 12.1 Å². The van der Waals surface area contributed by atoms with E-state index in [4.69, 9.17) is 10.5 Å². The Balaban J connectivity index is 2.45. The molecule has 0 unspecified atom stereocenters. The van der Waals surface area contributed by atoms with Crippen LogP contribution in [0.1, 0.15) is 23.1 Å². The molecule has 0 radical (unpaired) electrons. The van der Waals surface area contributed by atoms with Crippen molar-refractivity contribution in [1.29, 1.82) is 10.5 Å². The number of nitriles is 2. The van der Waals surface area contributed by atoms with E-state index in [9.17, 15) is 13.6 Å². The van der Waals surface area contributed by atoms with Crippen LogP contribution in [-0.2, 0) is 0 Å². The quantitative estimate of drug-likeness (QED) is 0.551. The number of aromatic nitrogens is 2. The van der Waals surface area contributed by atoms with E-state index in [1.54, 1.807) is 19.1 Å². The zero-order chi connectivity index (χ0) is 16.7. The van der Waals surface area contributed by atoms with E-state index < -0.39 is 17.4 Å². The number of ketones is 1. The van der Waals surface area contributed by atoms with Gasteiger partial charge in [0.05, 0.1) is 11.0 Å². The Kier molecular flexibility index (Phi) is 3.20. The highest BCUT2D eigenvalue weighted by Crippen LogP contribution is 2.37. The molecule has 0 bridgehead atoms. The molecule has 1 aliphatic rings. The fourth-order valence-corrected chi connectivity index (χ4v) is 2.42. The maximum Gasteiger partial charge on any atom is 0.214 e. The molecule has 2 aromatic rings. The molecule has 1 aromatic carbocycles. The summed E-state index contributed by atoms with van der Waals surface area (Å²) in [4.78, 5) is 20.5. The van der Waals surface area contributed by atoms with Gasteiger partial charge in [-0.2, -0.15) is 10.5 Å². The molecule has 7 heteroatoms. The van der Waals surface area contributed by atoms with Gasteiger partial charge in [-0.25, -0.2) is 18.7 Å². The summed E-state index contributed by atoms with van der Waals surface area (Å²) in [6.45, 7) is 1.57. The van der Waals surface area contributed by atoms with Crippen LogP contribution in [0, 0.1) is 34.3 Å². The number of benzene rings is 1. The van der Waals surface area contributed by atoms with Crippen LogP contribution < -0.4 is 0 Å². The highest BCUT2D eigenvalue weighted by Gasteiger charge is 2.35. The van der Waals surface area contributed by atoms with Gasteiger partial charge in [-0.15, -0.1) is 0 Å². The molecule has 0 spiro atoms. The summed E-state index contributed by atoms with van der Waals surface area (Å²) in [7, 11) is 0. The Morgan fingerprint density at radius 1 is 1.09 bits per heavy atom. The van der Waals surface area contributed by atoms with Crippen LogP contribution in [0.5, 0.6) is 0 Å².